The Bertz CT molecular complexity index is 1190. The van der Waals surface area contributed by atoms with Crippen molar-refractivity contribution < 1.29 is 22.8 Å². The lowest BCUT2D eigenvalue weighted by Gasteiger charge is -2.07. The lowest BCUT2D eigenvalue weighted by atomic mass is 10.1. The van der Waals surface area contributed by atoms with Gasteiger partial charge in [0.15, 0.2) is 5.76 Å². The first-order valence-corrected chi connectivity index (χ1v) is 8.90. The molecule has 0 saturated carbocycles. The van der Waals surface area contributed by atoms with E-state index in [0.717, 1.165) is 0 Å². The number of carbonyl (C=O) groups excluding carboxylic acids is 2. The van der Waals surface area contributed by atoms with Gasteiger partial charge in [-0.3, -0.25) is 9.59 Å². The predicted octanol–water partition coefficient (Wildman–Crippen LogP) is 3.65. The van der Waals surface area contributed by atoms with E-state index in [1.807, 2.05) is 0 Å². The normalized spacial score (nSPS) is 10.6. The zero-order chi connectivity index (χ0) is 20.9. The van der Waals surface area contributed by atoms with Crippen LogP contribution < -0.4 is 10.6 Å². The molecule has 2 aromatic heterocycles. The molecule has 0 fully saturated rings. The van der Waals surface area contributed by atoms with Crippen molar-refractivity contribution in [2.45, 2.75) is 6.54 Å². The second kappa shape index (κ2) is 8.39. The van der Waals surface area contributed by atoms with Gasteiger partial charge in [-0.05, 0) is 42.5 Å². The molecule has 0 aliphatic carbocycles. The molecule has 9 heteroatoms. The molecule has 150 valence electrons. The van der Waals surface area contributed by atoms with Crippen molar-refractivity contribution in [3.63, 3.8) is 0 Å². The summed E-state index contributed by atoms with van der Waals surface area (Å²) in [6, 6.07) is 15.5. The van der Waals surface area contributed by atoms with Gasteiger partial charge in [-0.25, -0.2) is 4.39 Å². The van der Waals surface area contributed by atoms with E-state index in [1.54, 1.807) is 36.4 Å². The third-order valence-electron chi connectivity index (χ3n) is 4.10. The van der Waals surface area contributed by atoms with E-state index in [4.69, 9.17) is 8.83 Å². The second-order valence-corrected chi connectivity index (χ2v) is 6.18. The van der Waals surface area contributed by atoms with E-state index in [1.165, 1.54) is 30.5 Å². The maximum Gasteiger partial charge on any atom is 0.287 e. The van der Waals surface area contributed by atoms with E-state index in [9.17, 15) is 14.0 Å². The number of hydrogen-bond acceptors (Lipinski definition) is 6. The van der Waals surface area contributed by atoms with Crippen molar-refractivity contribution in [2.24, 2.45) is 0 Å². The number of rotatable bonds is 6. The molecular weight excluding hydrogens is 391 g/mol. The number of furan rings is 1. The molecule has 30 heavy (non-hydrogen) atoms. The second-order valence-electron chi connectivity index (χ2n) is 6.18. The molecule has 0 unspecified atom stereocenters. The molecule has 0 aliphatic rings. The number of amides is 2. The minimum absolute atomic E-state index is 0.0241. The Morgan fingerprint density at radius 3 is 2.63 bits per heavy atom. The van der Waals surface area contributed by atoms with Crippen molar-refractivity contribution in [1.82, 2.24) is 15.5 Å². The first-order chi connectivity index (χ1) is 14.6. The summed E-state index contributed by atoms with van der Waals surface area (Å²) in [5.41, 5.74) is 0.930. The Morgan fingerprint density at radius 2 is 1.83 bits per heavy atom. The Hall–Kier alpha value is -4.27. The molecule has 2 heterocycles. The van der Waals surface area contributed by atoms with Crippen molar-refractivity contribution in [2.75, 3.05) is 5.32 Å². The van der Waals surface area contributed by atoms with Crippen LogP contribution in [0.5, 0.6) is 0 Å². The van der Waals surface area contributed by atoms with Crippen LogP contribution in [0.1, 0.15) is 26.8 Å². The highest BCUT2D eigenvalue weighted by atomic mass is 19.1. The average Bonchev–Trinajstić information content (AvgIpc) is 3.45. The van der Waals surface area contributed by atoms with E-state index >= 15 is 0 Å². The van der Waals surface area contributed by atoms with Crippen molar-refractivity contribution in [3.05, 3.63) is 90.0 Å². The van der Waals surface area contributed by atoms with Crippen LogP contribution >= 0.6 is 0 Å². The minimum Gasteiger partial charge on any atom is -0.459 e. The number of halogens is 1. The summed E-state index contributed by atoms with van der Waals surface area (Å²) in [5.74, 6) is -1.00. The standard InChI is InChI=1S/C21H15FN4O4/c22-16-8-2-1-7-15(16)19(27)24-14-6-3-5-13(11-14)21-26-25-18(30-21)12-23-20(28)17-9-4-10-29-17/h1-11H,12H2,(H,23,28)(H,24,27). The molecule has 2 N–H and O–H groups in total. The average molecular weight is 406 g/mol. The fourth-order valence-electron chi connectivity index (χ4n) is 2.67. The van der Waals surface area contributed by atoms with Gasteiger partial charge in [0, 0.05) is 11.3 Å². The number of anilines is 1. The number of nitrogens with zero attached hydrogens (tertiary/aromatic N) is 2. The van der Waals surface area contributed by atoms with E-state index in [-0.39, 0.29) is 29.6 Å². The van der Waals surface area contributed by atoms with Gasteiger partial charge in [0.2, 0.25) is 11.8 Å². The van der Waals surface area contributed by atoms with Gasteiger partial charge in [0.05, 0.1) is 18.4 Å². The Labute approximate surface area is 169 Å². The van der Waals surface area contributed by atoms with Gasteiger partial charge in [-0.2, -0.15) is 0 Å². The lowest BCUT2D eigenvalue weighted by Crippen LogP contribution is -2.22. The van der Waals surface area contributed by atoms with E-state index in [0.29, 0.717) is 11.3 Å². The fourth-order valence-corrected chi connectivity index (χ4v) is 2.67. The monoisotopic (exact) mass is 406 g/mol. The molecule has 0 spiro atoms. The summed E-state index contributed by atoms with van der Waals surface area (Å²) in [6.45, 7) is 0.0241. The third-order valence-corrected chi connectivity index (χ3v) is 4.10. The maximum atomic E-state index is 13.8. The summed E-state index contributed by atoms with van der Waals surface area (Å²) in [7, 11) is 0. The van der Waals surface area contributed by atoms with Gasteiger partial charge >= 0.3 is 0 Å². The molecule has 0 radical (unpaired) electrons. The van der Waals surface area contributed by atoms with Crippen LogP contribution in [-0.2, 0) is 6.54 Å². The number of aromatic nitrogens is 2. The third kappa shape index (κ3) is 4.25. The van der Waals surface area contributed by atoms with E-state index < -0.39 is 17.6 Å². The van der Waals surface area contributed by atoms with Gasteiger partial charge in [-0.1, -0.05) is 18.2 Å². The van der Waals surface area contributed by atoms with Gasteiger partial charge < -0.3 is 19.5 Å². The van der Waals surface area contributed by atoms with Crippen LogP contribution in [0.15, 0.2) is 75.8 Å². The number of carbonyl (C=O) groups is 2. The highest BCUT2D eigenvalue weighted by Gasteiger charge is 2.14. The lowest BCUT2D eigenvalue weighted by molar-refractivity contribution is 0.0919. The summed E-state index contributed by atoms with van der Waals surface area (Å²) < 4.78 is 24.3. The zero-order valence-corrected chi connectivity index (χ0v) is 15.5. The zero-order valence-electron chi connectivity index (χ0n) is 15.5. The van der Waals surface area contributed by atoms with Crippen molar-refractivity contribution in [1.29, 1.82) is 0 Å². The van der Waals surface area contributed by atoms with Gasteiger partial charge in [-0.15, -0.1) is 10.2 Å². The van der Waals surface area contributed by atoms with Crippen LogP contribution in [0.2, 0.25) is 0 Å². The molecule has 0 saturated heterocycles. The smallest absolute Gasteiger partial charge is 0.287 e. The molecule has 2 amide bonds. The minimum atomic E-state index is -0.607. The Balaban J connectivity index is 1.43. The first-order valence-electron chi connectivity index (χ1n) is 8.90. The highest BCUT2D eigenvalue weighted by Crippen LogP contribution is 2.22. The van der Waals surface area contributed by atoms with Crippen LogP contribution in [0.4, 0.5) is 10.1 Å². The number of nitrogens with one attached hydrogen (secondary N) is 2. The largest absolute Gasteiger partial charge is 0.459 e. The quantitative estimate of drug-likeness (QED) is 0.506. The number of hydrogen-bond donors (Lipinski definition) is 2. The molecule has 4 rings (SSSR count). The van der Waals surface area contributed by atoms with Crippen molar-refractivity contribution in [3.8, 4) is 11.5 Å². The Morgan fingerprint density at radius 1 is 0.967 bits per heavy atom. The molecule has 0 atom stereocenters. The molecule has 4 aromatic rings. The van der Waals surface area contributed by atoms with Gasteiger partial charge in [0.25, 0.3) is 11.8 Å². The van der Waals surface area contributed by atoms with E-state index in [2.05, 4.69) is 20.8 Å². The van der Waals surface area contributed by atoms with Gasteiger partial charge in [0.1, 0.15) is 5.82 Å². The maximum absolute atomic E-state index is 13.8. The molecular formula is C21H15FN4O4. The van der Waals surface area contributed by atoms with Crippen LogP contribution in [0.25, 0.3) is 11.5 Å². The van der Waals surface area contributed by atoms with Crippen LogP contribution in [0, 0.1) is 5.82 Å². The first kappa shape index (κ1) is 19.1. The fraction of sp³-hybridized carbons (Fsp3) is 0.0476. The summed E-state index contributed by atoms with van der Waals surface area (Å²) in [6.07, 6.45) is 1.40. The number of benzene rings is 2. The topological polar surface area (TPSA) is 110 Å². The highest BCUT2D eigenvalue weighted by molar-refractivity contribution is 6.04. The molecule has 0 bridgehead atoms. The SMILES string of the molecule is O=C(NCc1nnc(-c2cccc(NC(=O)c3ccccc3F)c2)o1)c1ccco1. The van der Waals surface area contributed by atoms with Crippen LogP contribution in [-0.4, -0.2) is 22.0 Å². The molecule has 8 nitrogen and oxygen atoms in total. The van der Waals surface area contributed by atoms with Crippen molar-refractivity contribution >= 4 is 17.5 Å². The molecule has 0 aliphatic heterocycles. The summed E-state index contributed by atoms with van der Waals surface area (Å²) in [5, 5.41) is 13.1. The van der Waals surface area contributed by atoms with Crippen LogP contribution in [0.3, 0.4) is 0 Å². The Kier molecular flexibility index (Phi) is 5.33. The molecule has 2 aromatic carbocycles. The predicted molar refractivity (Wildman–Crippen MR) is 104 cm³/mol. The summed E-state index contributed by atoms with van der Waals surface area (Å²) >= 11 is 0. The summed E-state index contributed by atoms with van der Waals surface area (Å²) in [4.78, 5) is 24.2.